The number of hydrogen-bond donors (Lipinski definition) is 2. The van der Waals surface area contributed by atoms with Crippen molar-refractivity contribution in [2.75, 3.05) is 5.75 Å². The molecule has 1 atom stereocenters. The van der Waals surface area contributed by atoms with Crippen LogP contribution >= 0.6 is 11.8 Å². The first kappa shape index (κ1) is 14.5. The summed E-state index contributed by atoms with van der Waals surface area (Å²) in [6, 6.07) is 3.58. The molecule has 20 heavy (non-hydrogen) atoms. The van der Waals surface area contributed by atoms with Crippen molar-refractivity contribution in [2.24, 2.45) is 0 Å². The summed E-state index contributed by atoms with van der Waals surface area (Å²) in [5.74, 6) is -0.637. The molecule has 2 N–H and O–H groups in total. The van der Waals surface area contributed by atoms with Crippen molar-refractivity contribution in [3.63, 3.8) is 0 Å². The molecule has 0 aliphatic carbocycles. The quantitative estimate of drug-likeness (QED) is 0.765. The third-order valence-corrected chi connectivity index (χ3v) is 3.68. The lowest BCUT2D eigenvalue weighted by atomic mass is 10.1. The molecule has 8 heteroatoms. The van der Waals surface area contributed by atoms with E-state index in [9.17, 15) is 9.90 Å². The number of thioether (sulfide) groups is 1. The Hall–Kier alpha value is -1.93. The van der Waals surface area contributed by atoms with Gasteiger partial charge in [-0.15, -0.1) is 10.2 Å². The van der Waals surface area contributed by atoms with E-state index in [0.29, 0.717) is 11.0 Å². The van der Waals surface area contributed by atoms with E-state index >= 15 is 0 Å². The zero-order valence-corrected chi connectivity index (χ0v) is 11.6. The zero-order valence-electron chi connectivity index (χ0n) is 10.8. The number of pyridine rings is 1. The Kier molecular flexibility index (Phi) is 4.70. The summed E-state index contributed by atoms with van der Waals surface area (Å²) in [5.41, 5.74) is 0.930. The second-order valence-corrected chi connectivity index (χ2v) is 5.01. The molecular formula is C12H14N4O3S. The van der Waals surface area contributed by atoms with Gasteiger partial charge in [0.2, 0.25) is 0 Å². The molecule has 2 rings (SSSR count). The van der Waals surface area contributed by atoms with Gasteiger partial charge in [-0.3, -0.25) is 14.3 Å². The van der Waals surface area contributed by atoms with Crippen LogP contribution in [0, 0.1) is 0 Å². The molecule has 0 spiro atoms. The predicted octanol–water partition coefficient (Wildman–Crippen LogP) is 0.951. The Morgan fingerprint density at radius 2 is 2.30 bits per heavy atom. The molecule has 0 bridgehead atoms. The number of hydrogen-bond acceptors (Lipinski definition) is 6. The van der Waals surface area contributed by atoms with Crippen molar-refractivity contribution in [3.8, 4) is 0 Å². The molecule has 2 aromatic rings. The van der Waals surface area contributed by atoms with E-state index in [1.54, 1.807) is 17.0 Å². The van der Waals surface area contributed by atoms with Crippen molar-refractivity contribution in [1.29, 1.82) is 0 Å². The molecular weight excluding hydrogens is 280 g/mol. The maximum atomic E-state index is 10.7. The third-order valence-electron chi connectivity index (χ3n) is 2.76. The summed E-state index contributed by atoms with van der Waals surface area (Å²) in [5, 5.41) is 26.4. The van der Waals surface area contributed by atoms with Crippen LogP contribution in [-0.4, -0.2) is 41.7 Å². The maximum Gasteiger partial charge on any atom is 0.313 e. The van der Waals surface area contributed by atoms with Crippen LogP contribution in [0.4, 0.5) is 0 Å². The average molecular weight is 294 g/mol. The fourth-order valence-corrected chi connectivity index (χ4v) is 2.55. The minimum absolute atomic E-state index is 0.108. The number of aliphatic hydroxyl groups excluding tert-OH is 1. The van der Waals surface area contributed by atoms with E-state index in [0.717, 1.165) is 17.3 Å². The largest absolute Gasteiger partial charge is 0.481 e. The van der Waals surface area contributed by atoms with Gasteiger partial charge in [-0.05, 0) is 18.6 Å². The molecule has 0 saturated carbocycles. The van der Waals surface area contributed by atoms with Gasteiger partial charge in [-0.2, -0.15) is 0 Å². The number of carboxylic acids is 1. The Morgan fingerprint density at radius 3 is 2.90 bits per heavy atom. The highest BCUT2D eigenvalue weighted by Gasteiger charge is 2.19. The molecule has 2 aromatic heterocycles. The van der Waals surface area contributed by atoms with Crippen molar-refractivity contribution in [1.82, 2.24) is 19.7 Å². The molecule has 7 nitrogen and oxygen atoms in total. The number of carbonyl (C=O) groups is 1. The number of aliphatic carboxylic acids is 1. The highest BCUT2D eigenvalue weighted by molar-refractivity contribution is 7.99. The molecule has 1 unspecified atom stereocenters. The summed E-state index contributed by atoms with van der Waals surface area (Å²) in [6.45, 7) is 1.66. The van der Waals surface area contributed by atoms with Gasteiger partial charge in [-0.25, -0.2) is 0 Å². The fraction of sp³-hybridized carbons (Fsp3) is 0.333. The molecule has 0 aromatic carbocycles. The maximum absolute atomic E-state index is 10.7. The average Bonchev–Trinajstić information content (AvgIpc) is 2.88. The molecule has 0 saturated heterocycles. The van der Waals surface area contributed by atoms with Crippen LogP contribution in [0.25, 0.3) is 0 Å². The zero-order chi connectivity index (χ0) is 14.5. The van der Waals surface area contributed by atoms with Crippen molar-refractivity contribution in [3.05, 3.63) is 35.9 Å². The summed E-state index contributed by atoms with van der Waals surface area (Å²) < 4.78 is 1.73. The van der Waals surface area contributed by atoms with E-state index < -0.39 is 5.97 Å². The lowest BCUT2D eigenvalue weighted by molar-refractivity contribution is -0.133. The van der Waals surface area contributed by atoms with Crippen LogP contribution < -0.4 is 0 Å². The lowest BCUT2D eigenvalue weighted by Crippen LogP contribution is -2.13. The van der Waals surface area contributed by atoms with E-state index in [-0.39, 0.29) is 18.4 Å². The number of nitrogens with zero attached hydrogens (tertiary/aromatic N) is 4. The second-order valence-electron chi connectivity index (χ2n) is 4.07. The first-order valence-electron chi connectivity index (χ1n) is 5.92. The van der Waals surface area contributed by atoms with Gasteiger partial charge in [0, 0.05) is 12.4 Å². The molecule has 0 aliphatic rings. The van der Waals surface area contributed by atoms with Crippen LogP contribution in [0.3, 0.4) is 0 Å². The third kappa shape index (κ3) is 3.14. The summed E-state index contributed by atoms with van der Waals surface area (Å²) >= 11 is 1.07. The normalized spacial score (nSPS) is 12.3. The SMILES string of the molecule is CC(c1cccnc1)n1c(CO)nnc1SCC(=O)O. The molecule has 0 aliphatic heterocycles. The van der Waals surface area contributed by atoms with Crippen LogP contribution in [0.2, 0.25) is 0 Å². The summed E-state index contributed by atoms with van der Waals surface area (Å²) in [7, 11) is 0. The Morgan fingerprint density at radius 1 is 1.50 bits per heavy atom. The van der Waals surface area contributed by atoms with Gasteiger partial charge in [0.05, 0.1) is 11.8 Å². The molecule has 2 heterocycles. The Balaban J connectivity index is 2.33. The van der Waals surface area contributed by atoms with Crippen LogP contribution in [-0.2, 0) is 11.4 Å². The standard InChI is InChI=1S/C12H14N4O3S/c1-8(9-3-2-4-13-5-9)16-10(6-17)14-15-12(16)20-7-11(18)19/h2-5,8,17H,6-7H2,1H3,(H,18,19). The summed E-state index contributed by atoms with van der Waals surface area (Å²) in [4.78, 5) is 14.7. The molecule has 0 fully saturated rings. The number of aromatic nitrogens is 4. The van der Waals surface area contributed by atoms with E-state index in [2.05, 4.69) is 15.2 Å². The van der Waals surface area contributed by atoms with Crippen LogP contribution in [0.5, 0.6) is 0 Å². The fourth-order valence-electron chi connectivity index (χ4n) is 1.80. The molecule has 106 valence electrons. The number of aliphatic hydroxyl groups is 1. The number of rotatable bonds is 6. The minimum atomic E-state index is -0.927. The van der Waals surface area contributed by atoms with Gasteiger partial charge >= 0.3 is 5.97 Å². The van der Waals surface area contributed by atoms with Crippen molar-refractivity contribution < 1.29 is 15.0 Å². The van der Waals surface area contributed by atoms with Gasteiger partial charge in [0.25, 0.3) is 0 Å². The van der Waals surface area contributed by atoms with Gasteiger partial charge in [-0.1, -0.05) is 17.8 Å². The topological polar surface area (TPSA) is 101 Å². The van der Waals surface area contributed by atoms with E-state index in [4.69, 9.17) is 5.11 Å². The van der Waals surface area contributed by atoms with Gasteiger partial charge < -0.3 is 10.2 Å². The van der Waals surface area contributed by atoms with E-state index in [1.807, 2.05) is 19.1 Å². The van der Waals surface area contributed by atoms with E-state index in [1.165, 1.54) is 0 Å². The van der Waals surface area contributed by atoms with Gasteiger partial charge in [0.15, 0.2) is 11.0 Å². The monoisotopic (exact) mass is 294 g/mol. The second kappa shape index (κ2) is 6.49. The van der Waals surface area contributed by atoms with Crippen molar-refractivity contribution >= 4 is 17.7 Å². The van der Waals surface area contributed by atoms with Crippen LogP contribution in [0.1, 0.15) is 24.4 Å². The first-order valence-corrected chi connectivity index (χ1v) is 6.91. The Labute approximate surface area is 119 Å². The number of carboxylic acid groups (broad SMARTS) is 1. The highest BCUT2D eigenvalue weighted by atomic mass is 32.2. The predicted molar refractivity (Wildman–Crippen MR) is 72.4 cm³/mol. The Bertz CT molecular complexity index is 588. The highest BCUT2D eigenvalue weighted by Crippen LogP contribution is 2.25. The van der Waals surface area contributed by atoms with Gasteiger partial charge in [0.1, 0.15) is 6.61 Å². The van der Waals surface area contributed by atoms with Crippen LogP contribution in [0.15, 0.2) is 29.7 Å². The first-order chi connectivity index (χ1) is 9.63. The summed E-state index contributed by atoms with van der Waals surface area (Å²) in [6.07, 6.45) is 3.40. The molecule has 0 radical (unpaired) electrons. The molecule has 0 amide bonds. The minimum Gasteiger partial charge on any atom is -0.481 e. The smallest absolute Gasteiger partial charge is 0.313 e. The lowest BCUT2D eigenvalue weighted by Gasteiger charge is -2.17. The van der Waals surface area contributed by atoms with Crippen molar-refractivity contribution in [2.45, 2.75) is 24.7 Å².